The Bertz CT molecular complexity index is 445. The second-order valence-corrected chi connectivity index (χ2v) is 4.70. The number of carbonyl (C=O) groups is 1. The van der Waals surface area contributed by atoms with E-state index in [4.69, 9.17) is 4.74 Å². The largest absolute Gasteiger partial charge is 0.466 e. The summed E-state index contributed by atoms with van der Waals surface area (Å²) in [5.74, 6) is 10.9. The minimum Gasteiger partial charge on any atom is -0.466 e. The van der Waals surface area contributed by atoms with Crippen molar-refractivity contribution < 1.29 is 19.7 Å². The molecule has 0 aromatic carbocycles. The first-order valence-corrected chi connectivity index (χ1v) is 7.66. The molecule has 2 atom stereocenters. The lowest BCUT2D eigenvalue weighted by atomic mass is 10.1. The van der Waals surface area contributed by atoms with Crippen LogP contribution in [0.15, 0.2) is 12.2 Å². The van der Waals surface area contributed by atoms with E-state index in [9.17, 15) is 15.0 Å². The molecule has 0 radical (unpaired) electrons. The summed E-state index contributed by atoms with van der Waals surface area (Å²) in [7, 11) is 0. The highest BCUT2D eigenvalue weighted by Crippen LogP contribution is 2.02. The lowest BCUT2D eigenvalue weighted by Crippen LogP contribution is -2.07. The Balaban J connectivity index is 3.74. The zero-order chi connectivity index (χ0) is 16.6. The van der Waals surface area contributed by atoms with Crippen molar-refractivity contribution in [1.29, 1.82) is 0 Å². The molecule has 0 aliphatic rings. The van der Waals surface area contributed by atoms with E-state index < -0.39 is 12.2 Å². The van der Waals surface area contributed by atoms with Crippen molar-refractivity contribution in [2.75, 3.05) is 6.61 Å². The number of aliphatic hydroxyl groups is 2. The van der Waals surface area contributed by atoms with Crippen molar-refractivity contribution in [1.82, 2.24) is 0 Å². The van der Waals surface area contributed by atoms with Crippen LogP contribution in [-0.2, 0) is 9.53 Å². The molecule has 2 N–H and O–H groups in total. The number of hydrogen-bond acceptors (Lipinski definition) is 4. The highest BCUT2D eigenvalue weighted by atomic mass is 16.5. The molecule has 0 saturated heterocycles. The number of esters is 1. The number of carbonyl (C=O) groups excluding carboxylic acids is 1. The van der Waals surface area contributed by atoms with Gasteiger partial charge in [0.2, 0.25) is 0 Å². The van der Waals surface area contributed by atoms with Gasteiger partial charge in [0.1, 0.15) is 6.10 Å². The molecule has 2 unspecified atom stereocenters. The monoisotopic (exact) mass is 306 g/mol. The lowest BCUT2D eigenvalue weighted by molar-refractivity contribution is -0.143. The fourth-order valence-electron chi connectivity index (χ4n) is 1.62. The molecule has 0 aliphatic heterocycles. The van der Waals surface area contributed by atoms with Gasteiger partial charge in [0, 0.05) is 19.3 Å². The van der Waals surface area contributed by atoms with Crippen LogP contribution in [0.2, 0.25) is 0 Å². The smallest absolute Gasteiger partial charge is 0.305 e. The molecule has 0 saturated carbocycles. The maximum absolute atomic E-state index is 11.1. The fraction of sp³-hybridized carbons (Fsp3) is 0.611. The standard InChI is InChI=1S/C18H26O4/c1-3-5-11-16(19)12-8-6-7-9-13-17(20)14-10-15-18(21)22-4-2/h8,12,16-17,19-20H,4,6-7,10-11,14-15H2,1-2H3. The van der Waals surface area contributed by atoms with Crippen LogP contribution < -0.4 is 0 Å². The van der Waals surface area contributed by atoms with Gasteiger partial charge in [-0.05, 0) is 33.1 Å². The van der Waals surface area contributed by atoms with Gasteiger partial charge in [0.05, 0.1) is 12.7 Å². The third-order valence-corrected chi connectivity index (χ3v) is 2.71. The van der Waals surface area contributed by atoms with Gasteiger partial charge in [-0.1, -0.05) is 18.1 Å². The molecule has 122 valence electrons. The average molecular weight is 306 g/mol. The first-order valence-electron chi connectivity index (χ1n) is 7.66. The summed E-state index contributed by atoms with van der Waals surface area (Å²) in [6, 6.07) is 0. The summed E-state index contributed by atoms with van der Waals surface area (Å²) in [5, 5.41) is 19.1. The van der Waals surface area contributed by atoms with Crippen molar-refractivity contribution in [2.45, 2.75) is 64.6 Å². The van der Waals surface area contributed by atoms with Crippen molar-refractivity contribution in [3.05, 3.63) is 12.2 Å². The third kappa shape index (κ3) is 13.2. The summed E-state index contributed by atoms with van der Waals surface area (Å²) >= 11 is 0. The predicted molar refractivity (Wildman–Crippen MR) is 86.7 cm³/mol. The number of ether oxygens (including phenoxy) is 1. The first-order chi connectivity index (χ1) is 10.6. The van der Waals surface area contributed by atoms with Crippen molar-refractivity contribution in [2.24, 2.45) is 0 Å². The van der Waals surface area contributed by atoms with Crippen LogP contribution in [0.4, 0.5) is 0 Å². The maximum Gasteiger partial charge on any atom is 0.305 e. The molecule has 0 fully saturated rings. The minimum absolute atomic E-state index is 0.237. The molecular formula is C18H26O4. The fourth-order valence-corrected chi connectivity index (χ4v) is 1.62. The molecule has 22 heavy (non-hydrogen) atoms. The predicted octanol–water partition coefficient (Wildman–Crippen LogP) is 2.19. The zero-order valence-corrected chi connectivity index (χ0v) is 13.5. The van der Waals surface area contributed by atoms with Crippen LogP contribution in [0.25, 0.3) is 0 Å². The van der Waals surface area contributed by atoms with E-state index in [2.05, 4.69) is 23.7 Å². The molecule has 0 aromatic heterocycles. The SMILES string of the molecule is CC#CCC(O)C=CCCC#CC(O)CCCC(=O)OCC. The Labute approximate surface area is 133 Å². The van der Waals surface area contributed by atoms with E-state index in [1.807, 2.05) is 6.08 Å². The summed E-state index contributed by atoms with van der Waals surface area (Å²) in [4.78, 5) is 11.1. The number of allylic oxidation sites excluding steroid dienone is 1. The third-order valence-electron chi connectivity index (χ3n) is 2.71. The van der Waals surface area contributed by atoms with Gasteiger partial charge in [-0.2, -0.15) is 0 Å². The molecule has 0 heterocycles. The molecule has 0 aromatic rings. The van der Waals surface area contributed by atoms with Gasteiger partial charge in [-0.15, -0.1) is 17.8 Å². The molecule has 0 bridgehead atoms. The second-order valence-electron chi connectivity index (χ2n) is 4.70. The lowest BCUT2D eigenvalue weighted by Gasteiger charge is -2.03. The topological polar surface area (TPSA) is 66.8 Å². The molecule has 0 spiro atoms. The summed E-state index contributed by atoms with van der Waals surface area (Å²) in [5.41, 5.74) is 0. The molecule has 4 heteroatoms. The van der Waals surface area contributed by atoms with Gasteiger partial charge in [-0.3, -0.25) is 4.79 Å². The molecule has 4 nitrogen and oxygen atoms in total. The van der Waals surface area contributed by atoms with Gasteiger partial charge in [-0.25, -0.2) is 0 Å². The van der Waals surface area contributed by atoms with Crippen molar-refractivity contribution in [3.63, 3.8) is 0 Å². The quantitative estimate of drug-likeness (QED) is 0.297. The maximum atomic E-state index is 11.1. The highest BCUT2D eigenvalue weighted by Gasteiger charge is 2.04. The number of aliphatic hydroxyl groups excluding tert-OH is 2. The Hall–Kier alpha value is -1.75. The van der Waals surface area contributed by atoms with Gasteiger partial charge in [0.25, 0.3) is 0 Å². The Morgan fingerprint density at radius 2 is 2.09 bits per heavy atom. The van der Waals surface area contributed by atoms with E-state index in [1.165, 1.54) is 0 Å². The Morgan fingerprint density at radius 1 is 1.32 bits per heavy atom. The van der Waals surface area contributed by atoms with Gasteiger partial charge in [0.15, 0.2) is 0 Å². The minimum atomic E-state index is -0.705. The molecule has 0 amide bonds. The van der Waals surface area contributed by atoms with E-state index in [0.29, 0.717) is 38.7 Å². The number of hydrogen-bond donors (Lipinski definition) is 2. The normalized spacial score (nSPS) is 12.7. The summed E-state index contributed by atoms with van der Waals surface area (Å²) in [6.45, 7) is 3.89. The van der Waals surface area contributed by atoms with Crippen LogP contribution >= 0.6 is 0 Å². The molecule has 0 rings (SSSR count). The van der Waals surface area contributed by atoms with Gasteiger partial charge < -0.3 is 14.9 Å². The second kappa shape index (κ2) is 14.2. The van der Waals surface area contributed by atoms with Crippen molar-refractivity contribution in [3.8, 4) is 23.7 Å². The van der Waals surface area contributed by atoms with Crippen LogP contribution in [-0.4, -0.2) is 35.0 Å². The van der Waals surface area contributed by atoms with Crippen LogP contribution in [0, 0.1) is 23.7 Å². The highest BCUT2D eigenvalue weighted by molar-refractivity contribution is 5.69. The zero-order valence-electron chi connectivity index (χ0n) is 13.5. The van der Waals surface area contributed by atoms with Crippen LogP contribution in [0.5, 0.6) is 0 Å². The Kier molecular flexibility index (Phi) is 13.1. The number of unbranched alkanes of at least 4 members (excludes halogenated alkanes) is 1. The van der Waals surface area contributed by atoms with Crippen molar-refractivity contribution >= 4 is 5.97 Å². The van der Waals surface area contributed by atoms with E-state index in [0.717, 1.165) is 6.42 Å². The Morgan fingerprint density at radius 3 is 2.77 bits per heavy atom. The molecule has 0 aliphatic carbocycles. The van der Waals surface area contributed by atoms with E-state index in [-0.39, 0.29) is 5.97 Å². The number of rotatable bonds is 9. The van der Waals surface area contributed by atoms with E-state index in [1.54, 1.807) is 19.9 Å². The van der Waals surface area contributed by atoms with Crippen LogP contribution in [0.1, 0.15) is 52.4 Å². The average Bonchev–Trinajstić information content (AvgIpc) is 2.48. The molecular weight excluding hydrogens is 280 g/mol. The summed E-state index contributed by atoms with van der Waals surface area (Å²) < 4.78 is 4.80. The van der Waals surface area contributed by atoms with Gasteiger partial charge >= 0.3 is 5.97 Å². The van der Waals surface area contributed by atoms with E-state index >= 15 is 0 Å². The van der Waals surface area contributed by atoms with Crippen LogP contribution in [0.3, 0.4) is 0 Å². The first kappa shape index (κ1) is 20.2. The summed E-state index contributed by atoms with van der Waals surface area (Å²) in [6.07, 6.45) is 5.47.